The van der Waals surface area contributed by atoms with Crippen LogP contribution in [0.15, 0.2) is 30.3 Å². The molecule has 0 saturated carbocycles. The third-order valence-electron chi connectivity index (χ3n) is 2.55. The number of carbonyl (C=O) groups excluding carboxylic acids is 2. The first-order valence-electron chi connectivity index (χ1n) is 5.50. The fourth-order valence-electron chi connectivity index (χ4n) is 1.79. The van der Waals surface area contributed by atoms with Gasteiger partial charge >= 0.3 is 5.97 Å². The van der Waals surface area contributed by atoms with Crippen molar-refractivity contribution in [2.45, 2.75) is 26.3 Å². The summed E-state index contributed by atoms with van der Waals surface area (Å²) < 4.78 is 0. The minimum atomic E-state index is -1.19. The number of nitrogens with zero attached hydrogens (tertiary/aromatic N) is 1. The van der Waals surface area contributed by atoms with E-state index < -0.39 is 23.8 Å². The standard InChI is InChI=1S/C13H15NO4/c1-9(15)14(10(2)16)12(13(17)18)8-11-6-4-3-5-7-11/h3-7,12H,8H2,1-2H3,(H,17,18). The summed E-state index contributed by atoms with van der Waals surface area (Å²) in [6, 6.07) is 7.72. The third-order valence-corrected chi connectivity index (χ3v) is 2.55. The van der Waals surface area contributed by atoms with Crippen LogP contribution in [0, 0.1) is 0 Å². The molecule has 0 aromatic heterocycles. The molecule has 0 aliphatic rings. The molecule has 18 heavy (non-hydrogen) atoms. The first-order chi connectivity index (χ1) is 8.43. The van der Waals surface area contributed by atoms with Crippen molar-refractivity contribution >= 4 is 17.8 Å². The van der Waals surface area contributed by atoms with Gasteiger partial charge in [-0.2, -0.15) is 0 Å². The van der Waals surface area contributed by atoms with Gasteiger partial charge in [-0.25, -0.2) is 4.79 Å². The zero-order valence-corrected chi connectivity index (χ0v) is 10.3. The van der Waals surface area contributed by atoms with Crippen molar-refractivity contribution in [3.05, 3.63) is 35.9 Å². The highest BCUT2D eigenvalue weighted by molar-refractivity contribution is 5.97. The molecule has 0 heterocycles. The first-order valence-corrected chi connectivity index (χ1v) is 5.50. The Hall–Kier alpha value is -2.17. The highest BCUT2D eigenvalue weighted by Gasteiger charge is 2.30. The number of benzene rings is 1. The minimum Gasteiger partial charge on any atom is -0.480 e. The second kappa shape index (κ2) is 5.95. The number of aliphatic carboxylic acids is 1. The Kier molecular flexibility index (Phi) is 4.59. The second-order valence-electron chi connectivity index (χ2n) is 3.95. The summed E-state index contributed by atoms with van der Waals surface area (Å²) in [5, 5.41) is 9.16. The maximum atomic E-state index is 11.4. The van der Waals surface area contributed by atoms with Crippen LogP contribution in [0.2, 0.25) is 0 Å². The number of carboxylic acid groups (broad SMARTS) is 1. The normalized spacial score (nSPS) is 11.7. The quantitative estimate of drug-likeness (QED) is 0.866. The fraction of sp³-hybridized carbons (Fsp3) is 0.308. The van der Waals surface area contributed by atoms with Gasteiger partial charge in [0.25, 0.3) is 0 Å². The highest BCUT2D eigenvalue weighted by atomic mass is 16.4. The molecule has 0 radical (unpaired) electrons. The van der Waals surface area contributed by atoms with Crippen molar-refractivity contribution in [3.8, 4) is 0 Å². The van der Waals surface area contributed by atoms with Crippen LogP contribution in [-0.4, -0.2) is 33.8 Å². The molecule has 1 aromatic carbocycles. The SMILES string of the molecule is CC(=O)N(C(C)=O)C(Cc1ccccc1)C(=O)O. The molecule has 1 aromatic rings. The van der Waals surface area contributed by atoms with Crippen LogP contribution in [0.4, 0.5) is 0 Å². The van der Waals surface area contributed by atoms with Gasteiger partial charge in [0.05, 0.1) is 0 Å². The van der Waals surface area contributed by atoms with Crippen LogP contribution < -0.4 is 0 Å². The van der Waals surface area contributed by atoms with E-state index in [1.54, 1.807) is 24.3 Å². The number of carboxylic acids is 1. The molecule has 0 fully saturated rings. The number of amides is 2. The zero-order valence-electron chi connectivity index (χ0n) is 10.3. The third kappa shape index (κ3) is 3.41. The summed E-state index contributed by atoms with van der Waals surface area (Å²) in [4.78, 5) is 34.7. The van der Waals surface area contributed by atoms with Crippen molar-refractivity contribution in [1.82, 2.24) is 4.90 Å². The van der Waals surface area contributed by atoms with Crippen LogP contribution >= 0.6 is 0 Å². The van der Waals surface area contributed by atoms with E-state index in [0.29, 0.717) is 0 Å². The topological polar surface area (TPSA) is 74.7 Å². The predicted molar refractivity (Wildman–Crippen MR) is 64.8 cm³/mol. The molecule has 1 N–H and O–H groups in total. The Balaban J connectivity index is 2.99. The molecule has 5 heteroatoms. The van der Waals surface area contributed by atoms with E-state index in [9.17, 15) is 14.4 Å². The van der Waals surface area contributed by atoms with Gasteiger partial charge in [-0.3, -0.25) is 14.5 Å². The Labute approximate surface area is 105 Å². The lowest BCUT2D eigenvalue weighted by molar-refractivity contribution is -0.156. The number of hydrogen-bond acceptors (Lipinski definition) is 3. The summed E-state index contributed by atoms with van der Waals surface area (Å²) in [5.74, 6) is -2.32. The molecule has 2 amide bonds. The van der Waals surface area contributed by atoms with Gasteiger partial charge in [-0.15, -0.1) is 0 Å². The second-order valence-corrected chi connectivity index (χ2v) is 3.95. The van der Waals surface area contributed by atoms with E-state index in [1.807, 2.05) is 6.07 Å². The van der Waals surface area contributed by atoms with Gasteiger partial charge < -0.3 is 5.11 Å². The first kappa shape index (κ1) is 13.9. The molecule has 0 bridgehead atoms. The molecule has 0 spiro atoms. The summed E-state index contributed by atoms with van der Waals surface area (Å²) in [6.07, 6.45) is 0.106. The number of imide groups is 1. The van der Waals surface area contributed by atoms with E-state index in [-0.39, 0.29) is 6.42 Å². The smallest absolute Gasteiger partial charge is 0.327 e. The van der Waals surface area contributed by atoms with Crippen LogP contribution in [-0.2, 0) is 20.8 Å². The van der Waals surface area contributed by atoms with E-state index >= 15 is 0 Å². The maximum Gasteiger partial charge on any atom is 0.327 e. The van der Waals surface area contributed by atoms with Crippen LogP contribution in [0.1, 0.15) is 19.4 Å². The lowest BCUT2D eigenvalue weighted by atomic mass is 10.0. The van der Waals surface area contributed by atoms with E-state index in [1.165, 1.54) is 13.8 Å². The average molecular weight is 249 g/mol. The maximum absolute atomic E-state index is 11.4. The van der Waals surface area contributed by atoms with Crippen molar-refractivity contribution in [1.29, 1.82) is 0 Å². The highest BCUT2D eigenvalue weighted by Crippen LogP contribution is 2.10. The van der Waals surface area contributed by atoms with Gasteiger partial charge in [0.1, 0.15) is 6.04 Å². The number of rotatable bonds is 4. The van der Waals surface area contributed by atoms with Gasteiger partial charge in [0.2, 0.25) is 11.8 Å². The Morgan fingerprint density at radius 2 is 1.61 bits per heavy atom. The van der Waals surface area contributed by atoms with Crippen LogP contribution in [0.5, 0.6) is 0 Å². The monoisotopic (exact) mass is 249 g/mol. The summed E-state index contributed by atoms with van der Waals surface area (Å²) in [7, 11) is 0. The van der Waals surface area contributed by atoms with Gasteiger partial charge in [-0.05, 0) is 5.56 Å². The summed E-state index contributed by atoms with van der Waals surface area (Å²) >= 11 is 0. The van der Waals surface area contributed by atoms with E-state index in [2.05, 4.69) is 0 Å². The van der Waals surface area contributed by atoms with Gasteiger partial charge in [0, 0.05) is 20.3 Å². The molecule has 1 unspecified atom stereocenters. The van der Waals surface area contributed by atoms with Crippen molar-refractivity contribution < 1.29 is 19.5 Å². The zero-order chi connectivity index (χ0) is 13.7. The molecule has 0 saturated heterocycles. The van der Waals surface area contributed by atoms with Crippen LogP contribution in [0.3, 0.4) is 0 Å². The fourth-order valence-corrected chi connectivity index (χ4v) is 1.79. The molecule has 1 atom stereocenters. The summed E-state index contributed by atoms with van der Waals surface area (Å²) in [6.45, 7) is 2.37. The molecule has 0 aliphatic carbocycles. The predicted octanol–water partition coefficient (Wildman–Crippen LogP) is 1.08. The molecule has 5 nitrogen and oxygen atoms in total. The lowest BCUT2D eigenvalue weighted by Gasteiger charge is -2.24. The Morgan fingerprint density at radius 1 is 1.11 bits per heavy atom. The Bertz CT molecular complexity index is 441. The summed E-state index contributed by atoms with van der Waals surface area (Å²) in [5.41, 5.74) is 0.761. The Morgan fingerprint density at radius 3 is 2.00 bits per heavy atom. The van der Waals surface area contributed by atoms with E-state index in [0.717, 1.165) is 10.5 Å². The van der Waals surface area contributed by atoms with Gasteiger partial charge in [0.15, 0.2) is 0 Å². The molecular formula is C13H15NO4. The van der Waals surface area contributed by atoms with Crippen LogP contribution in [0.25, 0.3) is 0 Å². The van der Waals surface area contributed by atoms with Crippen molar-refractivity contribution in [2.24, 2.45) is 0 Å². The van der Waals surface area contributed by atoms with Crippen molar-refractivity contribution in [2.75, 3.05) is 0 Å². The molecule has 96 valence electrons. The minimum absolute atomic E-state index is 0.106. The molecular weight excluding hydrogens is 234 g/mol. The molecule has 1 rings (SSSR count). The average Bonchev–Trinajstić information content (AvgIpc) is 2.28. The van der Waals surface area contributed by atoms with Gasteiger partial charge in [-0.1, -0.05) is 30.3 Å². The lowest BCUT2D eigenvalue weighted by Crippen LogP contribution is -2.48. The van der Waals surface area contributed by atoms with E-state index in [4.69, 9.17) is 5.11 Å². The largest absolute Gasteiger partial charge is 0.480 e. The number of carbonyl (C=O) groups is 3. The molecule has 0 aliphatic heterocycles. The van der Waals surface area contributed by atoms with Crippen molar-refractivity contribution in [3.63, 3.8) is 0 Å². The number of hydrogen-bond donors (Lipinski definition) is 1.